The normalized spacial score (nSPS) is 16.7. The molecule has 1 atom stereocenters. The van der Waals surface area contributed by atoms with E-state index in [1.165, 1.54) is 6.92 Å². The fourth-order valence-electron chi connectivity index (χ4n) is 3.96. The number of carbonyl (C=O) groups is 1. The third-order valence-electron chi connectivity index (χ3n) is 5.43. The van der Waals surface area contributed by atoms with Crippen molar-refractivity contribution < 1.29 is 19.0 Å². The molecule has 168 valence electrons. The number of halogens is 1. The van der Waals surface area contributed by atoms with Crippen LogP contribution in [0, 0.1) is 0 Å². The van der Waals surface area contributed by atoms with E-state index in [4.69, 9.17) is 30.9 Å². The van der Waals surface area contributed by atoms with Crippen LogP contribution in [0.2, 0.25) is 5.02 Å². The highest BCUT2D eigenvalue weighted by Crippen LogP contribution is 2.42. The number of benzene rings is 3. The zero-order chi connectivity index (χ0) is 22.9. The molecule has 5 rings (SSSR count). The van der Waals surface area contributed by atoms with Crippen LogP contribution in [0.3, 0.4) is 0 Å². The molecule has 0 fully saturated rings. The van der Waals surface area contributed by atoms with Gasteiger partial charge in [0.1, 0.15) is 5.75 Å². The molecule has 0 bridgehead atoms. The van der Waals surface area contributed by atoms with Gasteiger partial charge in [0.25, 0.3) is 0 Å². The third kappa shape index (κ3) is 3.96. The van der Waals surface area contributed by atoms with E-state index in [1.54, 1.807) is 12.1 Å². The second kappa shape index (κ2) is 8.67. The summed E-state index contributed by atoms with van der Waals surface area (Å²) >= 11 is 6.12. The molecule has 2 aliphatic heterocycles. The van der Waals surface area contributed by atoms with Gasteiger partial charge in [-0.3, -0.25) is 9.69 Å². The Labute approximate surface area is 196 Å². The average Bonchev–Trinajstić information content (AvgIpc) is 3.45. The number of hydrazone groups is 1. The summed E-state index contributed by atoms with van der Waals surface area (Å²) in [5, 5.41) is 7.18. The Morgan fingerprint density at radius 1 is 1.03 bits per heavy atom. The first-order valence-electron chi connectivity index (χ1n) is 10.6. The van der Waals surface area contributed by atoms with Gasteiger partial charge in [-0.2, -0.15) is 0 Å². The minimum Gasteiger partial charge on any atom is -0.494 e. The third-order valence-corrected chi connectivity index (χ3v) is 5.69. The van der Waals surface area contributed by atoms with Crippen LogP contribution < -0.4 is 24.1 Å². The number of hydrogen-bond donors (Lipinski definition) is 0. The lowest BCUT2D eigenvalue weighted by molar-refractivity contribution is -0.111. The summed E-state index contributed by atoms with van der Waals surface area (Å²) in [5.41, 5.74) is 2.50. The Morgan fingerprint density at radius 2 is 1.73 bits per heavy atom. The standard InChI is InChI=1S/C25H22ClN3O4/c1-3-31-21-11-9-19(10-12-21)28-24(16(2)30)27-29(20-7-5-18(26)6-8-20)25(28)17-4-13-22-23(14-17)33-15-32-22/h4-14,25H,3,15H2,1-2H3/t25-/m1/s1. The fourth-order valence-corrected chi connectivity index (χ4v) is 4.09. The van der Waals surface area contributed by atoms with Gasteiger partial charge < -0.3 is 14.2 Å². The number of ether oxygens (including phenoxy) is 3. The first-order valence-corrected chi connectivity index (χ1v) is 11.0. The van der Waals surface area contributed by atoms with Crippen LogP contribution in [0.25, 0.3) is 0 Å². The van der Waals surface area contributed by atoms with Crippen LogP contribution in [0.1, 0.15) is 25.6 Å². The Bertz CT molecular complexity index is 1210. The maximum absolute atomic E-state index is 12.7. The number of hydrogen-bond acceptors (Lipinski definition) is 7. The van der Waals surface area contributed by atoms with E-state index < -0.39 is 6.17 Å². The van der Waals surface area contributed by atoms with Gasteiger partial charge in [-0.15, -0.1) is 5.10 Å². The van der Waals surface area contributed by atoms with E-state index in [0.717, 1.165) is 22.7 Å². The maximum Gasteiger partial charge on any atom is 0.231 e. The largest absolute Gasteiger partial charge is 0.494 e. The zero-order valence-electron chi connectivity index (χ0n) is 18.2. The number of anilines is 2. The fraction of sp³-hybridized carbons (Fsp3) is 0.200. The molecule has 0 amide bonds. The molecule has 0 spiro atoms. The lowest BCUT2D eigenvalue weighted by atomic mass is 10.1. The zero-order valence-corrected chi connectivity index (χ0v) is 19.0. The van der Waals surface area contributed by atoms with Crippen LogP contribution in [0.15, 0.2) is 71.8 Å². The Kier molecular flexibility index (Phi) is 5.56. The molecule has 3 aromatic rings. The van der Waals surface area contributed by atoms with Crippen LogP contribution in [-0.2, 0) is 4.79 Å². The van der Waals surface area contributed by atoms with Crippen molar-refractivity contribution in [2.45, 2.75) is 20.0 Å². The lowest BCUT2D eigenvalue weighted by Gasteiger charge is -2.32. The maximum atomic E-state index is 12.7. The quantitative estimate of drug-likeness (QED) is 0.488. The molecule has 0 saturated heterocycles. The molecule has 2 aliphatic rings. The number of ketones is 1. The summed E-state index contributed by atoms with van der Waals surface area (Å²) in [6.07, 6.45) is -0.433. The first-order chi connectivity index (χ1) is 16.0. The van der Waals surface area contributed by atoms with Gasteiger partial charge in [0.15, 0.2) is 29.3 Å². The second-order valence-corrected chi connectivity index (χ2v) is 8.02. The SMILES string of the molecule is CCOc1ccc(N2C(C(C)=O)=NN(c3ccc(Cl)cc3)[C@@H]2c2ccc3c(c2)OCO3)cc1. The minimum atomic E-state index is -0.433. The molecule has 0 radical (unpaired) electrons. The van der Waals surface area contributed by atoms with Gasteiger partial charge in [-0.1, -0.05) is 17.7 Å². The lowest BCUT2D eigenvalue weighted by Crippen LogP contribution is -2.37. The number of amidine groups is 1. The van der Waals surface area contributed by atoms with E-state index in [2.05, 4.69) is 0 Å². The molecule has 3 aromatic carbocycles. The summed E-state index contributed by atoms with van der Waals surface area (Å²) in [6, 6.07) is 20.7. The van der Waals surface area contributed by atoms with Gasteiger partial charge in [0, 0.05) is 23.2 Å². The number of fused-ring (bicyclic) bond motifs is 1. The molecule has 0 unspecified atom stereocenters. The van der Waals surface area contributed by atoms with Gasteiger partial charge in [-0.05, 0) is 67.6 Å². The summed E-state index contributed by atoms with van der Waals surface area (Å²) in [5.74, 6) is 2.29. The van der Waals surface area contributed by atoms with Gasteiger partial charge in [-0.25, -0.2) is 5.01 Å². The second-order valence-electron chi connectivity index (χ2n) is 7.58. The van der Waals surface area contributed by atoms with E-state index in [-0.39, 0.29) is 12.6 Å². The van der Waals surface area contributed by atoms with Crippen LogP contribution >= 0.6 is 11.6 Å². The number of rotatable bonds is 6. The molecule has 8 heteroatoms. The smallest absolute Gasteiger partial charge is 0.231 e. The molecule has 0 aliphatic carbocycles. The molecule has 7 nitrogen and oxygen atoms in total. The van der Waals surface area contributed by atoms with Gasteiger partial charge in [0.05, 0.1) is 12.3 Å². The first kappa shape index (κ1) is 21.2. The van der Waals surface area contributed by atoms with Crippen LogP contribution in [-0.4, -0.2) is 25.0 Å². The van der Waals surface area contributed by atoms with Crippen molar-refractivity contribution in [2.75, 3.05) is 23.3 Å². The monoisotopic (exact) mass is 463 g/mol. The van der Waals surface area contributed by atoms with Crippen molar-refractivity contribution in [3.05, 3.63) is 77.3 Å². The van der Waals surface area contributed by atoms with Crippen LogP contribution in [0.4, 0.5) is 11.4 Å². The number of carbonyl (C=O) groups excluding carboxylic acids is 1. The van der Waals surface area contributed by atoms with Gasteiger partial charge in [0.2, 0.25) is 6.79 Å². The Balaban J connectivity index is 1.64. The highest BCUT2D eigenvalue weighted by atomic mass is 35.5. The predicted molar refractivity (Wildman–Crippen MR) is 127 cm³/mol. The van der Waals surface area contributed by atoms with E-state index in [0.29, 0.717) is 29.0 Å². The number of nitrogens with zero attached hydrogens (tertiary/aromatic N) is 3. The van der Waals surface area contributed by atoms with Crippen molar-refractivity contribution in [1.29, 1.82) is 0 Å². The molecule has 0 N–H and O–H groups in total. The van der Waals surface area contributed by atoms with Crippen molar-refractivity contribution in [1.82, 2.24) is 0 Å². The summed E-state index contributed by atoms with van der Waals surface area (Å²) in [6.45, 7) is 4.21. The molecule has 0 saturated carbocycles. The van der Waals surface area contributed by atoms with E-state index in [9.17, 15) is 4.79 Å². The average molecular weight is 464 g/mol. The summed E-state index contributed by atoms with van der Waals surface area (Å²) in [7, 11) is 0. The van der Waals surface area contributed by atoms with Gasteiger partial charge >= 0.3 is 0 Å². The van der Waals surface area contributed by atoms with Crippen molar-refractivity contribution in [3.63, 3.8) is 0 Å². The molecular weight excluding hydrogens is 442 g/mol. The Morgan fingerprint density at radius 3 is 2.42 bits per heavy atom. The van der Waals surface area contributed by atoms with Crippen molar-refractivity contribution >= 4 is 34.6 Å². The van der Waals surface area contributed by atoms with Crippen LogP contribution in [0.5, 0.6) is 17.2 Å². The molecule has 0 aromatic heterocycles. The highest BCUT2D eigenvalue weighted by Gasteiger charge is 2.39. The minimum absolute atomic E-state index is 0.147. The topological polar surface area (TPSA) is 63.6 Å². The highest BCUT2D eigenvalue weighted by molar-refractivity contribution is 6.44. The van der Waals surface area contributed by atoms with Crippen molar-refractivity contribution in [3.8, 4) is 17.2 Å². The van der Waals surface area contributed by atoms with Crippen molar-refractivity contribution in [2.24, 2.45) is 5.10 Å². The molecular formula is C25H22ClN3O4. The van der Waals surface area contributed by atoms with E-state index in [1.807, 2.05) is 71.4 Å². The predicted octanol–water partition coefficient (Wildman–Crippen LogP) is 5.40. The Hall–Kier alpha value is -3.71. The number of Topliss-reactive ketones (excluding diaryl/α,β-unsaturated/α-hetero) is 1. The molecule has 33 heavy (non-hydrogen) atoms. The van der Waals surface area contributed by atoms with E-state index >= 15 is 0 Å². The summed E-state index contributed by atoms with van der Waals surface area (Å²) < 4.78 is 16.7. The molecule has 2 heterocycles. The summed E-state index contributed by atoms with van der Waals surface area (Å²) in [4.78, 5) is 14.6.